The van der Waals surface area contributed by atoms with E-state index in [1.165, 1.54) is 12.8 Å². The Morgan fingerprint density at radius 3 is 2.79 bits per heavy atom. The van der Waals surface area contributed by atoms with Crippen molar-refractivity contribution in [1.82, 2.24) is 15.0 Å². The molecular formula is C22H28N4O2. The summed E-state index contributed by atoms with van der Waals surface area (Å²) in [6, 6.07) is 2.46. The number of carbonyl (C=O) groups is 1. The van der Waals surface area contributed by atoms with E-state index in [-0.39, 0.29) is 12.2 Å². The van der Waals surface area contributed by atoms with E-state index in [0.717, 1.165) is 59.1 Å². The summed E-state index contributed by atoms with van der Waals surface area (Å²) in [7, 11) is 0. The number of nitrogens with zero attached hydrogens (tertiary/aromatic N) is 4. The summed E-state index contributed by atoms with van der Waals surface area (Å²) in [6.45, 7) is 8.39. The minimum atomic E-state index is 0.0891. The second kappa shape index (κ2) is 7.95. The molecule has 0 aromatic carbocycles. The highest BCUT2D eigenvalue weighted by Gasteiger charge is 2.26. The first-order valence-corrected chi connectivity index (χ1v) is 10.2. The molecule has 2 aromatic heterocycles. The Hall–Kier alpha value is -2.34. The van der Waals surface area contributed by atoms with Gasteiger partial charge in [0, 0.05) is 36.5 Å². The summed E-state index contributed by atoms with van der Waals surface area (Å²) < 4.78 is 5.66. The van der Waals surface area contributed by atoms with Gasteiger partial charge >= 0.3 is 0 Å². The Labute approximate surface area is 166 Å². The Kier molecular flexibility index (Phi) is 5.40. The zero-order valence-electron chi connectivity index (χ0n) is 17.0. The summed E-state index contributed by atoms with van der Waals surface area (Å²) in [5, 5.41) is 0. The maximum absolute atomic E-state index is 13.3. The van der Waals surface area contributed by atoms with Crippen molar-refractivity contribution in [3.8, 4) is 0 Å². The number of ketones is 1. The molecule has 0 radical (unpaired) electrons. The second-order valence-corrected chi connectivity index (χ2v) is 7.88. The molecule has 0 unspecified atom stereocenters. The lowest BCUT2D eigenvalue weighted by Crippen LogP contribution is -2.28. The molecule has 6 heteroatoms. The van der Waals surface area contributed by atoms with Gasteiger partial charge in [-0.3, -0.25) is 14.8 Å². The molecule has 0 bridgehead atoms. The molecule has 2 aliphatic rings. The van der Waals surface area contributed by atoms with Crippen molar-refractivity contribution in [2.75, 3.05) is 24.7 Å². The minimum Gasteiger partial charge on any atom is -0.381 e. The van der Waals surface area contributed by atoms with Crippen LogP contribution in [0.2, 0.25) is 0 Å². The van der Waals surface area contributed by atoms with Crippen molar-refractivity contribution >= 4 is 11.6 Å². The summed E-state index contributed by atoms with van der Waals surface area (Å²) in [6.07, 6.45) is 5.81. The number of ether oxygens (including phenoxy) is 1. The van der Waals surface area contributed by atoms with E-state index in [1.807, 2.05) is 19.9 Å². The minimum absolute atomic E-state index is 0.0891. The van der Waals surface area contributed by atoms with Crippen molar-refractivity contribution in [3.05, 3.63) is 46.2 Å². The van der Waals surface area contributed by atoms with Gasteiger partial charge in [-0.2, -0.15) is 0 Å². The van der Waals surface area contributed by atoms with Gasteiger partial charge in [0.25, 0.3) is 0 Å². The van der Waals surface area contributed by atoms with Crippen LogP contribution in [0.25, 0.3) is 0 Å². The molecule has 1 atom stereocenters. The highest BCUT2D eigenvalue weighted by molar-refractivity contribution is 5.99. The zero-order chi connectivity index (χ0) is 19.7. The van der Waals surface area contributed by atoms with Gasteiger partial charge in [0.05, 0.1) is 36.7 Å². The van der Waals surface area contributed by atoms with Crippen LogP contribution >= 0.6 is 0 Å². The predicted molar refractivity (Wildman–Crippen MR) is 108 cm³/mol. The highest BCUT2D eigenvalue weighted by Crippen LogP contribution is 2.29. The summed E-state index contributed by atoms with van der Waals surface area (Å²) in [5.74, 6) is 1.02. The topological polar surface area (TPSA) is 68.2 Å². The van der Waals surface area contributed by atoms with Gasteiger partial charge in [-0.05, 0) is 51.7 Å². The smallest absolute Gasteiger partial charge is 0.169 e. The number of pyridine rings is 1. The van der Waals surface area contributed by atoms with Crippen molar-refractivity contribution in [2.24, 2.45) is 0 Å². The zero-order valence-corrected chi connectivity index (χ0v) is 17.0. The number of rotatable bonds is 4. The van der Waals surface area contributed by atoms with Crippen molar-refractivity contribution in [2.45, 2.75) is 58.9 Å². The van der Waals surface area contributed by atoms with Crippen LogP contribution in [-0.4, -0.2) is 46.5 Å². The third-order valence-electron chi connectivity index (χ3n) is 5.91. The van der Waals surface area contributed by atoms with Crippen LogP contribution < -0.4 is 4.90 Å². The number of Topliss-reactive ketones (excluding diaryl/α,β-unsaturated/α-hetero) is 1. The second-order valence-electron chi connectivity index (χ2n) is 7.88. The number of hydrogen-bond donors (Lipinski definition) is 0. The summed E-state index contributed by atoms with van der Waals surface area (Å²) >= 11 is 0. The Balaban J connectivity index is 1.71. The lowest BCUT2D eigenvalue weighted by molar-refractivity contribution is 0.0990. The maximum atomic E-state index is 13.3. The number of aryl methyl sites for hydroxylation is 2. The van der Waals surface area contributed by atoms with Gasteiger partial charge in [0.1, 0.15) is 5.82 Å². The van der Waals surface area contributed by atoms with Gasteiger partial charge < -0.3 is 9.64 Å². The normalized spacial score (nSPS) is 19.4. The number of aromatic nitrogens is 3. The average Bonchev–Trinajstić information content (AvgIpc) is 2.96. The first-order chi connectivity index (χ1) is 13.5. The molecule has 0 aliphatic carbocycles. The van der Waals surface area contributed by atoms with Crippen LogP contribution in [0.1, 0.15) is 58.5 Å². The predicted octanol–water partition coefficient (Wildman–Crippen LogP) is 3.02. The highest BCUT2D eigenvalue weighted by atomic mass is 16.5. The van der Waals surface area contributed by atoms with E-state index in [2.05, 4.69) is 21.8 Å². The van der Waals surface area contributed by atoms with E-state index >= 15 is 0 Å². The van der Waals surface area contributed by atoms with E-state index < -0.39 is 0 Å². The largest absolute Gasteiger partial charge is 0.381 e. The third kappa shape index (κ3) is 3.78. The molecule has 0 N–H and O–H groups in total. The fourth-order valence-electron chi connectivity index (χ4n) is 4.14. The molecule has 1 fully saturated rings. The monoisotopic (exact) mass is 380 g/mol. The molecule has 4 heterocycles. The number of hydrogen-bond acceptors (Lipinski definition) is 6. The number of fused-ring (bicyclic) bond motifs is 1. The van der Waals surface area contributed by atoms with Crippen molar-refractivity contribution < 1.29 is 9.53 Å². The van der Waals surface area contributed by atoms with Crippen LogP contribution in [0.4, 0.5) is 5.82 Å². The van der Waals surface area contributed by atoms with Crippen LogP contribution in [0.15, 0.2) is 12.3 Å². The molecule has 0 saturated carbocycles. The molecule has 2 aromatic rings. The molecule has 1 saturated heterocycles. The Morgan fingerprint density at radius 1 is 1.21 bits per heavy atom. The standard InChI is InChI=1S/C22H28N4O2/c1-14-5-4-8-26(14)22-12-19(18-6-9-28-10-7-20(18)25-22)21(27)11-17-13-23-15(2)16(3)24-17/h12-14H,4-11H2,1-3H3/t14-/m0/s1. The summed E-state index contributed by atoms with van der Waals surface area (Å²) in [4.78, 5) is 29.5. The molecular weight excluding hydrogens is 352 g/mol. The molecule has 4 rings (SSSR count). The molecule has 148 valence electrons. The lowest BCUT2D eigenvalue weighted by Gasteiger charge is -2.25. The van der Waals surface area contributed by atoms with Gasteiger partial charge in [-0.25, -0.2) is 4.98 Å². The van der Waals surface area contributed by atoms with Crippen LogP contribution in [0, 0.1) is 13.8 Å². The van der Waals surface area contributed by atoms with Crippen molar-refractivity contribution in [3.63, 3.8) is 0 Å². The van der Waals surface area contributed by atoms with E-state index in [1.54, 1.807) is 6.20 Å². The third-order valence-corrected chi connectivity index (χ3v) is 5.91. The van der Waals surface area contributed by atoms with Crippen LogP contribution in [0.3, 0.4) is 0 Å². The van der Waals surface area contributed by atoms with Gasteiger partial charge in [0.15, 0.2) is 5.78 Å². The van der Waals surface area contributed by atoms with Gasteiger partial charge in [0.2, 0.25) is 0 Å². The molecule has 0 amide bonds. The van der Waals surface area contributed by atoms with E-state index in [9.17, 15) is 4.79 Å². The van der Waals surface area contributed by atoms with Gasteiger partial charge in [-0.1, -0.05) is 0 Å². The lowest BCUT2D eigenvalue weighted by atomic mass is 9.96. The molecule has 28 heavy (non-hydrogen) atoms. The first-order valence-electron chi connectivity index (χ1n) is 10.2. The van der Waals surface area contributed by atoms with Crippen LogP contribution in [0.5, 0.6) is 0 Å². The molecule has 0 spiro atoms. The number of carbonyl (C=O) groups excluding carboxylic acids is 1. The van der Waals surface area contributed by atoms with Gasteiger partial charge in [-0.15, -0.1) is 0 Å². The fraction of sp³-hybridized carbons (Fsp3) is 0.545. The quantitative estimate of drug-likeness (QED) is 0.760. The van der Waals surface area contributed by atoms with E-state index in [4.69, 9.17) is 9.72 Å². The Morgan fingerprint density at radius 2 is 2.04 bits per heavy atom. The van der Waals surface area contributed by atoms with E-state index in [0.29, 0.717) is 19.3 Å². The fourth-order valence-corrected chi connectivity index (χ4v) is 4.14. The molecule has 2 aliphatic heterocycles. The maximum Gasteiger partial charge on any atom is 0.169 e. The van der Waals surface area contributed by atoms with Crippen molar-refractivity contribution in [1.29, 1.82) is 0 Å². The average molecular weight is 380 g/mol. The molecule has 6 nitrogen and oxygen atoms in total. The Bertz CT molecular complexity index is 896. The number of anilines is 1. The SMILES string of the molecule is Cc1ncc(CC(=O)c2cc(N3CCC[C@@H]3C)nc3c2CCOCC3)nc1C. The first kappa shape index (κ1) is 19.0. The van der Waals surface area contributed by atoms with Crippen LogP contribution in [-0.2, 0) is 24.0 Å². The summed E-state index contributed by atoms with van der Waals surface area (Å²) in [5.41, 5.74) is 5.35.